The lowest BCUT2D eigenvalue weighted by atomic mass is 9.97. The van der Waals surface area contributed by atoms with Gasteiger partial charge >= 0.3 is 0 Å². The van der Waals surface area contributed by atoms with Gasteiger partial charge in [0.15, 0.2) is 0 Å². The first-order chi connectivity index (χ1) is 18.1. The van der Waals surface area contributed by atoms with Gasteiger partial charge in [-0.15, -0.1) is 0 Å². The number of fused-ring (bicyclic) bond motifs is 1. The highest BCUT2D eigenvalue weighted by Crippen LogP contribution is 2.37. The van der Waals surface area contributed by atoms with Crippen molar-refractivity contribution in [3.63, 3.8) is 0 Å². The molecule has 2 N–H and O–H groups in total. The van der Waals surface area contributed by atoms with Crippen LogP contribution < -0.4 is 15.1 Å². The molecule has 37 heavy (non-hydrogen) atoms. The molecule has 7 nitrogen and oxygen atoms in total. The Labute approximate surface area is 218 Å². The van der Waals surface area contributed by atoms with Crippen molar-refractivity contribution < 1.29 is 14.7 Å². The fourth-order valence-electron chi connectivity index (χ4n) is 5.31. The van der Waals surface area contributed by atoms with E-state index in [4.69, 9.17) is 14.9 Å². The predicted octanol–water partition coefficient (Wildman–Crippen LogP) is 4.66. The van der Waals surface area contributed by atoms with Crippen LogP contribution in [0.25, 0.3) is 6.08 Å². The molecule has 2 heterocycles. The Morgan fingerprint density at radius 2 is 1.76 bits per heavy atom. The summed E-state index contributed by atoms with van der Waals surface area (Å²) < 4.78 is 5.27. The maximum Gasteiger partial charge on any atom is 0.274 e. The van der Waals surface area contributed by atoms with E-state index < -0.39 is 5.91 Å². The number of carbonyl (C=O) groups excluding carboxylic acids is 1. The summed E-state index contributed by atoms with van der Waals surface area (Å²) in [4.78, 5) is 21.3. The molecule has 1 fully saturated rings. The van der Waals surface area contributed by atoms with Crippen molar-refractivity contribution in [2.75, 3.05) is 38.2 Å². The number of carbonyl (C=O) groups is 1. The zero-order valence-electron chi connectivity index (χ0n) is 21.3. The zero-order valence-corrected chi connectivity index (χ0v) is 21.3. The van der Waals surface area contributed by atoms with Crippen LogP contribution in [-0.4, -0.2) is 54.3 Å². The fourth-order valence-corrected chi connectivity index (χ4v) is 5.31. The number of rotatable bonds is 9. The van der Waals surface area contributed by atoms with E-state index in [1.807, 2.05) is 30.5 Å². The number of nitrogens with zero attached hydrogens (tertiary/aromatic N) is 3. The summed E-state index contributed by atoms with van der Waals surface area (Å²) in [5, 5.41) is 8.76. The molecule has 1 aromatic heterocycles. The second-order valence-electron chi connectivity index (χ2n) is 9.74. The molecular formula is C30H34N4O3. The van der Waals surface area contributed by atoms with Crippen LogP contribution in [0.15, 0.2) is 66.9 Å². The van der Waals surface area contributed by atoms with Gasteiger partial charge in [0.05, 0.1) is 12.8 Å². The highest BCUT2D eigenvalue weighted by Gasteiger charge is 2.25. The van der Waals surface area contributed by atoms with Crippen LogP contribution in [0.3, 0.4) is 0 Å². The number of methoxy groups -OCH3 is 1. The van der Waals surface area contributed by atoms with E-state index in [-0.39, 0.29) is 0 Å². The molecule has 2 aliphatic rings. The van der Waals surface area contributed by atoms with Crippen molar-refractivity contribution in [3.8, 4) is 5.75 Å². The number of ether oxygens (including phenoxy) is 1. The highest BCUT2D eigenvalue weighted by molar-refractivity contribution is 5.93. The molecular weight excluding hydrogens is 464 g/mol. The van der Waals surface area contributed by atoms with E-state index in [1.165, 1.54) is 28.1 Å². The first-order valence-corrected chi connectivity index (χ1v) is 13.0. The average Bonchev–Trinajstić information content (AvgIpc) is 3.37. The fraction of sp³-hybridized carbons (Fsp3) is 0.333. The second-order valence-corrected chi connectivity index (χ2v) is 9.74. The average molecular weight is 499 g/mol. The molecule has 0 radical (unpaired) electrons. The van der Waals surface area contributed by atoms with Crippen LogP contribution in [0.1, 0.15) is 51.5 Å². The van der Waals surface area contributed by atoms with Gasteiger partial charge in [0.1, 0.15) is 5.75 Å². The molecule has 0 bridgehead atoms. The van der Waals surface area contributed by atoms with Crippen LogP contribution in [0.5, 0.6) is 5.75 Å². The van der Waals surface area contributed by atoms with Crippen molar-refractivity contribution >= 4 is 17.7 Å². The monoisotopic (exact) mass is 498 g/mol. The topological polar surface area (TPSA) is 77.9 Å². The number of hydroxylamine groups is 1. The molecule has 1 atom stereocenters. The van der Waals surface area contributed by atoms with Crippen molar-refractivity contribution in [2.45, 2.75) is 31.7 Å². The Morgan fingerprint density at radius 3 is 2.46 bits per heavy atom. The normalized spacial score (nSPS) is 17.0. The van der Waals surface area contributed by atoms with Gasteiger partial charge in [0.25, 0.3) is 5.91 Å². The maximum absolute atomic E-state index is 11.5. The van der Waals surface area contributed by atoms with Gasteiger partial charge < -0.3 is 9.64 Å². The van der Waals surface area contributed by atoms with Crippen LogP contribution in [0.2, 0.25) is 0 Å². The summed E-state index contributed by atoms with van der Waals surface area (Å²) in [5.74, 6) is 0.750. The molecule has 1 saturated heterocycles. The molecule has 3 aromatic rings. The van der Waals surface area contributed by atoms with Gasteiger partial charge in [-0.2, -0.15) is 0 Å². The predicted molar refractivity (Wildman–Crippen MR) is 145 cm³/mol. The van der Waals surface area contributed by atoms with Crippen molar-refractivity contribution in [1.82, 2.24) is 15.4 Å². The Morgan fingerprint density at radius 1 is 1.03 bits per heavy atom. The van der Waals surface area contributed by atoms with Gasteiger partial charge in [0, 0.05) is 61.7 Å². The number of allylic oxidation sites excluding steroid dienone is 1. The highest BCUT2D eigenvalue weighted by atomic mass is 16.5. The Hall–Kier alpha value is -3.68. The summed E-state index contributed by atoms with van der Waals surface area (Å²) in [5.41, 5.74) is 8.39. The quantitative estimate of drug-likeness (QED) is 0.330. The third-order valence-corrected chi connectivity index (χ3v) is 7.42. The van der Waals surface area contributed by atoms with Crippen molar-refractivity contribution in [2.24, 2.45) is 0 Å². The van der Waals surface area contributed by atoms with E-state index in [1.54, 1.807) is 24.7 Å². The maximum atomic E-state index is 11.5. The molecule has 0 spiro atoms. The zero-order chi connectivity index (χ0) is 25.6. The molecule has 1 amide bonds. The SMILES string of the molecule is COc1ccc(CN2CCN(c3ccnc4c3C=CC4CCCc3ccc(C(=O)NO)cc3)CC2)cc1. The van der Waals surface area contributed by atoms with Gasteiger partial charge in [0.2, 0.25) is 0 Å². The number of aromatic nitrogens is 1. The summed E-state index contributed by atoms with van der Waals surface area (Å²) in [6.07, 6.45) is 9.54. The Kier molecular flexibility index (Phi) is 7.82. The van der Waals surface area contributed by atoms with E-state index in [9.17, 15) is 4.79 Å². The van der Waals surface area contributed by atoms with Gasteiger partial charge in [-0.05, 0) is 60.7 Å². The van der Waals surface area contributed by atoms with Crippen LogP contribution in [-0.2, 0) is 13.0 Å². The van der Waals surface area contributed by atoms with Crippen LogP contribution >= 0.6 is 0 Å². The number of aryl methyl sites for hydroxylation is 1. The van der Waals surface area contributed by atoms with Crippen molar-refractivity contribution in [3.05, 3.63) is 94.8 Å². The molecule has 2 aromatic carbocycles. The molecule has 1 unspecified atom stereocenters. The second kappa shape index (κ2) is 11.6. The number of benzene rings is 2. The minimum Gasteiger partial charge on any atom is -0.497 e. The van der Waals surface area contributed by atoms with Crippen molar-refractivity contribution in [1.29, 1.82) is 0 Å². The number of amides is 1. The number of hydrogen-bond acceptors (Lipinski definition) is 6. The van der Waals surface area contributed by atoms with Gasteiger partial charge in [-0.3, -0.25) is 19.9 Å². The molecule has 7 heteroatoms. The first kappa shape index (κ1) is 25.0. The lowest BCUT2D eigenvalue weighted by molar-refractivity contribution is 0.0706. The Balaban J connectivity index is 1.14. The number of pyridine rings is 1. The van der Waals surface area contributed by atoms with Crippen LogP contribution in [0.4, 0.5) is 5.69 Å². The molecule has 5 rings (SSSR count). The van der Waals surface area contributed by atoms with E-state index >= 15 is 0 Å². The standard InChI is InChI=1S/C30H34N4O3/c1-37-26-12-7-23(8-13-26)21-33-17-19-34(20-18-33)28-15-16-31-29-24(11-14-27(28)29)4-2-3-22-5-9-25(10-6-22)30(35)32-36/h5-16,24,36H,2-4,17-21H2,1H3,(H,32,35). The molecule has 1 aliphatic heterocycles. The third-order valence-electron chi connectivity index (χ3n) is 7.42. The van der Waals surface area contributed by atoms with E-state index in [2.05, 4.69) is 40.2 Å². The molecule has 0 saturated carbocycles. The summed E-state index contributed by atoms with van der Waals surface area (Å²) in [7, 11) is 1.70. The first-order valence-electron chi connectivity index (χ1n) is 13.0. The van der Waals surface area contributed by atoms with E-state index in [0.29, 0.717) is 11.5 Å². The Bertz CT molecular complexity index is 1230. The lowest BCUT2D eigenvalue weighted by Gasteiger charge is -2.37. The minimum atomic E-state index is -0.486. The van der Waals surface area contributed by atoms with Gasteiger partial charge in [-0.1, -0.05) is 36.4 Å². The third kappa shape index (κ3) is 5.84. The lowest BCUT2D eigenvalue weighted by Crippen LogP contribution is -2.46. The molecule has 192 valence electrons. The van der Waals surface area contributed by atoms with Gasteiger partial charge in [-0.25, -0.2) is 5.48 Å². The smallest absolute Gasteiger partial charge is 0.274 e. The molecule has 1 aliphatic carbocycles. The number of nitrogens with one attached hydrogen (secondary N) is 1. The number of piperazine rings is 1. The largest absolute Gasteiger partial charge is 0.497 e. The summed E-state index contributed by atoms with van der Waals surface area (Å²) in [6, 6.07) is 17.9. The van der Waals surface area contributed by atoms with E-state index in [0.717, 1.165) is 57.7 Å². The number of anilines is 1. The minimum absolute atomic E-state index is 0.339. The summed E-state index contributed by atoms with van der Waals surface area (Å²) in [6.45, 7) is 5.06. The number of hydrogen-bond donors (Lipinski definition) is 2. The van der Waals surface area contributed by atoms with Crippen LogP contribution in [0, 0.1) is 0 Å². The summed E-state index contributed by atoms with van der Waals surface area (Å²) >= 11 is 0.